The van der Waals surface area contributed by atoms with Crippen molar-refractivity contribution < 1.29 is 62.5 Å². The Kier molecular flexibility index (Phi) is 28.2. The van der Waals surface area contributed by atoms with Gasteiger partial charge in [-0.3, -0.25) is 52.9 Å². The van der Waals surface area contributed by atoms with Gasteiger partial charge < -0.3 is 78.4 Å². The van der Waals surface area contributed by atoms with Gasteiger partial charge in [-0.1, -0.05) is 53.5 Å². The molecule has 0 bridgehead atoms. The molecule has 26 nitrogen and oxygen atoms in total. The first-order valence-corrected chi connectivity index (χ1v) is 26.2. The number of hydrogen-bond donors (Lipinski definition) is 11. The van der Waals surface area contributed by atoms with Gasteiger partial charge in [0.05, 0.1) is 33.4 Å². The van der Waals surface area contributed by atoms with E-state index >= 15 is 0 Å². The van der Waals surface area contributed by atoms with E-state index in [-0.39, 0.29) is 63.1 Å². The monoisotopic (exact) mass is 1090 g/mol. The van der Waals surface area contributed by atoms with E-state index in [0.717, 1.165) is 4.90 Å². The van der Waals surface area contributed by atoms with Crippen molar-refractivity contribution in [3.8, 4) is 11.5 Å². The number of aliphatic hydroxyl groups is 1. The number of likely N-dealkylation sites (tertiary alicyclic amines) is 1. The molecule has 1 aliphatic heterocycles. The first-order chi connectivity index (χ1) is 36.3. The van der Waals surface area contributed by atoms with Gasteiger partial charge in [0.25, 0.3) is 0 Å². The Balaban J connectivity index is 2.43. The van der Waals surface area contributed by atoms with E-state index in [1.807, 2.05) is 0 Å². The van der Waals surface area contributed by atoms with Gasteiger partial charge >= 0.3 is 0 Å². The van der Waals surface area contributed by atoms with Gasteiger partial charge in [-0.15, -0.1) is 0 Å². The molecule has 0 aliphatic carbocycles. The summed E-state index contributed by atoms with van der Waals surface area (Å²) in [7, 11) is 4.26. The molecule has 1 saturated heterocycles. The minimum atomic E-state index is -1.71. The molecular weight excluding hydrogens is 1000 g/mol. The number of nitrogens with one attached hydrogen (secondary N) is 8. The third kappa shape index (κ3) is 21.4. The SMILES string of the molecule is CCC[C@H](NC(=O)[C@@H](NC(=O)[C@@H](Cc1ccc(OC)c(OC)c1)NC(=O)[C@@H](NC(=O)CNC(=O)CN(C)C(C)=O)C(C)C)[C@@H](C)O)C(=O)N[C@H](C(=O)N[C@@H](CCCN=C(N)N)C(=O)N1CCC[C@H]1C(=O)NCC)[C@@H](C)CC. The summed E-state index contributed by atoms with van der Waals surface area (Å²) in [6.45, 7) is 12.8. The van der Waals surface area contributed by atoms with Crippen molar-refractivity contribution >= 4 is 65.0 Å². The highest BCUT2D eigenvalue weighted by molar-refractivity contribution is 5.98. The van der Waals surface area contributed by atoms with Crippen molar-refractivity contribution in [3.63, 3.8) is 0 Å². The molecule has 432 valence electrons. The number of nitrogens with zero attached hydrogens (tertiary/aromatic N) is 3. The number of guanidine groups is 1. The van der Waals surface area contributed by atoms with Crippen LogP contribution in [0.4, 0.5) is 0 Å². The molecule has 1 fully saturated rings. The quantitative estimate of drug-likeness (QED) is 0.0208. The largest absolute Gasteiger partial charge is 0.493 e. The van der Waals surface area contributed by atoms with Crippen molar-refractivity contribution in [2.75, 3.05) is 54.0 Å². The van der Waals surface area contributed by atoms with E-state index in [4.69, 9.17) is 20.9 Å². The molecule has 13 N–H and O–H groups in total. The minimum Gasteiger partial charge on any atom is -0.493 e. The topological polar surface area (TPSA) is 377 Å². The van der Waals surface area contributed by atoms with Crippen LogP contribution in [0.2, 0.25) is 0 Å². The molecule has 0 unspecified atom stereocenters. The third-order valence-electron chi connectivity index (χ3n) is 13.0. The Bertz CT molecular complexity index is 2220. The molecule has 10 amide bonds. The van der Waals surface area contributed by atoms with Crippen LogP contribution in [0.25, 0.3) is 0 Å². The Labute approximate surface area is 451 Å². The lowest BCUT2D eigenvalue weighted by Crippen LogP contribution is -2.62. The first-order valence-electron chi connectivity index (χ1n) is 26.2. The highest BCUT2D eigenvalue weighted by Gasteiger charge is 2.40. The lowest BCUT2D eigenvalue weighted by atomic mass is 9.96. The number of amides is 10. The molecule has 9 atom stereocenters. The predicted molar refractivity (Wildman–Crippen MR) is 285 cm³/mol. The van der Waals surface area contributed by atoms with E-state index in [0.29, 0.717) is 49.3 Å². The van der Waals surface area contributed by atoms with Gasteiger partial charge in [-0.05, 0) is 75.5 Å². The van der Waals surface area contributed by atoms with E-state index in [1.165, 1.54) is 40.0 Å². The van der Waals surface area contributed by atoms with Gasteiger partial charge in [0, 0.05) is 40.0 Å². The Hall–Kier alpha value is -7.25. The third-order valence-corrected chi connectivity index (χ3v) is 13.0. The first kappa shape index (κ1) is 65.9. The Morgan fingerprint density at radius 1 is 0.753 bits per heavy atom. The molecule has 1 aromatic rings. The van der Waals surface area contributed by atoms with E-state index in [9.17, 15) is 53.1 Å². The number of aliphatic imine (C=N–C) groups is 1. The Morgan fingerprint density at radius 2 is 1.35 bits per heavy atom. The van der Waals surface area contributed by atoms with Crippen LogP contribution in [-0.4, -0.2) is 182 Å². The van der Waals surface area contributed by atoms with Crippen LogP contribution >= 0.6 is 0 Å². The maximum Gasteiger partial charge on any atom is 0.245 e. The molecular formula is C51H85N13O13. The fourth-order valence-electron chi connectivity index (χ4n) is 8.29. The lowest BCUT2D eigenvalue weighted by Gasteiger charge is -2.31. The highest BCUT2D eigenvalue weighted by atomic mass is 16.5. The van der Waals surface area contributed by atoms with Crippen LogP contribution in [0.5, 0.6) is 11.5 Å². The molecule has 0 aromatic heterocycles. The predicted octanol–water partition coefficient (Wildman–Crippen LogP) is -2.19. The average molecular weight is 1090 g/mol. The number of nitrogens with two attached hydrogens (primary N) is 2. The number of benzene rings is 1. The van der Waals surface area contributed by atoms with Crippen molar-refractivity contribution in [3.05, 3.63) is 23.8 Å². The summed E-state index contributed by atoms with van der Waals surface area (Å²) < 4.78 is 10.8. The van der Waals surface area contributed by atoms with Crippen molar-refractivity contribution in [1.29, 1.82) is 0 Å². The van der Waals surface area contributed by atoms with Gasteiger partial charge in [-0.25, -0.2) is 0 Å². The number of likely N-dealkylation sites (N-methyl/N-ethyl adjacent to an activating group) is 2. The molecule has 1 aliphatic rings. The molecule has 77 heavy (non-hydrogen) atoms. The summed E-state index contributed by atoms with van der Waals surface area (Å²) in [5.74, 6) is -7.26. The zero-order valence-electron chi connectivity index (χ0n) is 46.5. The summed E-state index contributed by atoms with van der Waals surface area (Å²) >= 11 is 0. The second-order valence-electron chi connectivity index (χ2n) is 19.4. The summed E-state index contributed by atoms with van der Waals surface area (Å²) in [6, 6.07) is -4.04. The van der Waals surface area contributed by atoms with Crippen LogP contribution < -0.4 is 63.5 Å². The Morgan fingerprint density at radius 3 is 1.92 bits per heavy atom. The number of carbonyl (C=O) groups excluding carboxylic acids is 10. The zero-order chi connectivity index (χ0) is 58.1. The van der Waals surface area contributed by atoms with Crippen LogP contribution in [0.15, 0.2) is 23.2 Å². The molecule has 2 rings (SSSR count). The molecule has 0 spiro atoms. The molecule has 0 radical (unpaired) electrons. The number of carbonyl (C=O) groups is 10. The fraction of sp³-hybridized carbons (Fsp3) is 0.667. The maximum atomic E-state index is 14.4. The molecule has 1 heterocycles. The van der Waals surface area contributed by atoms with Crippen molar-refractivity contribution in [1.82, 2.24) is 52.3 Å². The number of hydrogen-bond acceptors (Lipinski definition) is 14. The second-order valence-corrected chi connectivity index (χ2v) is 19.4. The zero-order valence-corrected chi connectivity index (χ0v) is 46.5. The number of methoxy groups -OCH3 is 2. The number of rotatable bonds is 32. The molecule has 0 saturated carbocycles. The maximum absolute atomic E-state index is 14.4. The van der Waals surface area contributed by atoms with Crippen LogP contribution in [0, 0.1) is 11.8 Å². The van der Waals surface area contributed by atoms with E-state index in [2.05, 4.69) is 47.5 Å². The lowest BCUT2D eigenvalue weighted by molar-refractivity contribution is -0.142. The fourth-order valence-corrected chi connectivity index (χ4v) is 8.29. The van der Waals surface area contributed by atoms with Gasteiger partial charge in [0.15, 0.2) is 17.5 Å². The standard InChI is InChI=1S/C51H85N13O13/c1-12-17-33(44(69)61-42(29(6)13-2)48(73)58-34(18-15-22-55-51(52)53)50(75)64-23-16-19-36(64)46(71)54-14-3)57-49(74)43(30(7)65)62-45(70)35(24-32-20-21-37(76-10)38(25-32)77-11)59-47(72)41(28(4)5)60-39(67)26-56-40(68)27-63(9)31(8)66/h20-21,25,28-30,33-36,41-43,65H,12-19,22-24,26-27H2,1-11H3,(H,54,71)(H,56,68)(H,57,74)(H,58,73)(H,59,72)(H,60,67)(H,61,69)(H,62,70)(H4,52,53,55)/t29-,30+,33-,34-,35+,36-,41-,42-,43-/m0/s1. The second kappa shape index (κ2) is 33.0. The van der Waals surface area contributed by atoms with Crippen LogP contribution in [-0.2, 0) is 54.4 Å². The normalized spacial score (nSPS) is 16.1. The highest BCUT2D eigenvalue weighted by Crippen LogP contribution is 2.28. The van der Waals surface area contributed by atoms with Gasteiger partial charge in [0.1, 0.15) is 42.3 Å². The smallest absolute Gasteiger partial charge is 0.245 e. The molecule has 1 aromatic carbocycles. The van der Waals surface area contributed by atoms with Gasteiger partial charge in [-0.2, -0.15) is 0 Å². The van der Waals surface area contributed by atoms with Crippen LogP contribution in [0.1, 0.15) is 106 Å². The summed E-state index contributed by atoms with van der Waals surface area (Å²) in [5.41, 5.74) is 11.5. The van der Waals surface area contributed by atoms with Crippen molar-refractivity contribution in [2.24, 2.45) is 28.3 Å². The van der Waals surface area contributed by atoms with E-state index in [1.54, 1.807) is 59.7 Å². The summed E-state index contributed by atoms with van der Waals surface area (Å²) in [4.78, 5) is 142. The van der Waals surface area contributed by atoms with E-state index < -0.39 is 114 Å². The van der Waals surface area contributed by atoms with Crippen LogP contribution in [0.3, 0.4) is 0 Å². The average Bonchev–Trinajstić information content (AvgIpc) is 3.88. The van der Waals surface area contributed by atoms with Gasteiger partial charge in [0.2, 0.25) is 59.1 Å². The summed E-state index contributed by atoms with van der Waals surface area (Å²) in [5, 5.41) is 32.1. The van der Waals surface area contributed by atoms with Crippen molar-refractivity contribution in [2.45, 2.75) is 155 Å². The number of aliphatic hydroxyl groups excluding tert-OH is 1. The number of ether oxygens (including phenoxy) is 2. The summed E-state index contributed by atoms with van der Waals surface area (Å²) in [6.07, 6.45) is 0.420. The molecule has 26 heteroatoms. The minimum absolute atomic E-state index is 0.0500.